The number of nitrogens with zero attached hydrogens (tertiary/aromatic N) is 1. The Labute approximate surface area is 124 Å². The highest BCUT2D eigenvalue weighted by atomic mass is 79.9. The van der Waals surface area contributed by atoms with Crippen molar-refractivity contribution in [3.8, 4) is 0 Å². The number of rotatable bonds is 3. The summed E-state index contributed by atoms with van der Waals surface area (Å²) in [4.78, 5) is 4.66. The molecule has 2 aliphatic rings. The highest BCUT2D eigenvalue weighted by molar-refractivity contribution is 9.10. The van der Waals surface area contributed by atoms with Crippen LogP contribution in [0.15, 0.2) is 22.7 Å². The van der Waals surface area contributed by atoms with Crippen molar-refractivity contribution >= 4 is 42.6 Å². The molecule has 2 fully saturated rings. The third-order valence-corrected chi connectivity index (χ3v) is 5.32. The zero-order chi connectivity index (χ0) is 12.8. The molecule has 0 bridgehead atoms. The van der Waals surface area contributed by atoms with Crippen molar-refractivity contribution in [1.82, 2.24) is 4.98 Å². The molecule has 1 aliphatic heterocycles. The van der Waals surface area contributed by atoms with E-state index in [1.165, 1.54) is 17.5 Å². The highest BCUT2D eigenvalue weighted by Crippen LogP contribution is 2.40. The zero-order valence-corrected chi connectivity index (χ0v) is 12.8. The van der Waals surface area contributed by atoms with E-state index >= 15 is 0 Å². The molecule has 5 heteroatoms. The Hall–Kier alpha value is -0.650. The highest BCUT2D eigenvalue weighted by Gasteiger charge is 2.40. The van der Waals surface area contributed by atoms with Gasteiger partial charge in [-0.25, -0.2) is 4.98 Å². The molecule has 19 heavy (non-hydrogen) atoms. The minimum Gasteiger partial charge on any atom is -0.376 e. The van der Waals surface area contributed by atoms with Crippen LogP contribution in [0.2, 0.25) is 0 Å². The third-order valence-electron chi connectivity index (χ3n) is 3.88. The molecule has 1 aromatic heterocycles. The van der Waals surface area contributed by atoms with Crippen molar-refractivity contribution in [2.24, 2.45) is 5.92 Å². The fourth-order valence-electron chi connectivity index (χ4n) is 2.77. The van der Waals surface area contributed by atoms with E-state index < -0.39 is 0 Å². The van der Waals surface area contributed by atoms with Gasteiger partial charge in [0.2, 0.25) is 0 Å². The standard InChI is InChI=1S/C14H15BrN2OS/c15-9-3-4-10-12(7-9)19-14(16-10)17-11-5-6-18-13(11)8-1-2-8/h3-4,7-8,11,13H,1-2,5-6H2,(H,16,17). The van der Waals surface area contributed by atoms with Crippen LogP contribution >= 0.6 is 27.3 Å². The Balaban J connectivity index is 1.57. The number of aromatic nitrogens is 1. The number of thiazole rings is 1. The number of hydrogen-bond donors (Lipinski definition) is 1. The van der Waals surface area contributed by atoms with Crippen molar-refractivity contribution in [1.29, 1.82) is 0 Å². The van der Waals surface area contributed by atoms with Crippen LogP contribution < -0.4 is 5.32 Å². The summed E-state index contributed by atoms with van der Waals surface area (Å²) in [5.74, 6) is 0.781. The molecule has 2 unspecified atom stereocenters. The largest absolute Gasteiger partial charge is 0.376 e. The Morgan fingerprint density at radius 2 is 2.21 bits per heavy atom. The first kappa shape index (κ1) is 12.1. The van der Waals surface area contributed by atoms with E-state index in [2.05, 4.69) is 38.4 Å². The van der Waals surface area contributed by atoms with Crippen molar-refractivity contribution in [3.05, 3.63) is 22.7 Å². The lowest BCUT2D eigenvalue weighted by atomic mass is 10.1. The molecule has 100 valence electrons. The average molecular weight is 339 g/mol. The maximum absolute atomic E-state index is 5.86. The van der Waals surface area contributed by atoms with Gasteiger partial charge in [0, 0.05) is 11.1 Å². The molecule has 1 saturated carbocycles. The number of benzene rings is 1. The minimum absolute atomic E-state index is 0.402. The van der Waals surface area contributed by atoms with E-state index in [9.17, 15) is 0 Å². The fourth-order valence-corrected chi connectivity index (χ4v) is 4.25. The van der Waals surface area contributed by atoms with Gasteiger partial charge < -0.3 is 10.1 Å². The van der Waals surface area contributed by atoms with Gasteiger partial charge in [0.1, 0.15) is 0 Å². The SMILES string of the molecule is Brc1ccc2nc(NC3CCOC3C3CC3)sc2c1. The van der Waals surface area contributed by atoms with E-state index in [-0.39, 0.29) is 0 Å². The van der Waals surface area contributed by atoms with Crippen LogP contribution in [-0.2, 0) is 4.74 Å². The molecule has 2 aromatic rings. The quantitative estimate of drug-likeness (QED) is 0.916. The van der Waals surface area contributed by atoms with E-state index in [1.807, 2.05) is 6.07 Å². The number of hydrogen-bond acceptors (Lipinski definition) is 4. The maximum atomic E-state index is 5.86. The molecule has 1 aliphatic carbocycles. The molecular formula is C14H15BrN2OS. The van der Waals surface area contributed by atoms with Crippen LogP contribution in [0.5, 0.6) is 0 Å². The Morgan fingerprint density at radius 1 is 1.32 bits per heavy atom. The summed E-state index contributed by atoms with van der Waals surface area (Å²) >= 11 is 5.23. The normalized spacial score (nSPS) is 27.0. The molecule has 1 N–H and O–H groups in total. The molecule has 2 heterocycles. The Morgan fingerprint density at radius 3 is 3.05 bits per heavy atom. The van der Waals surface area contributed by atoms with Gasteiger partial charge in [0.05, 0.1) is 22.4 Å². The molecule has 0 spiro atoms. The minimum atomic E-state index is 0.402. The molecule has 4 rings (SSSR count). The molecule has 0 radical (unpaired) electrons. The monoisotopic (exact) mass is 338 g/mol. The van der Waals surface area contributed by atoms with Crippen molar-refractivity contribution in [3.63, 3.8) is 0 Å². The predicted octanol–water partition coefficient (Wildman–Crippen LogP) is 4.04. The summed E-state index contributed by atoms with van der Waals surface area (Å²) in [6, 6.07) is 6.67. The Kier molecular flexibility index (Phi) is 3.01. The first-order valence-corrected chi connectivity index (χ1v) is 8.35. The van der Waals surface area contributed by atoms with Crippen LogP contribution in [-0.4, -0.2) is 23.7 Å². The number of anilines is 1. The van der Waals surface area contributed by atoms with Gasteiger partial charge in [-0.2, -0.15) is 0 Å². The molecular weight excluding hydrogens is 324 g/mol. The van der Waals surface area contributed by atoms with E-state index in [4.69, 9.17) is 4.74 Å². The third kappa shape index (κ3) is 2.39. The smallest absolute Gasteiger partial charge is 0.184 e. The average Bonchev–Trinajstić information content (AvgIpc) is 3.00. The van der Waals surface area contributed by atoms with Gasteiger partial charge in [0.15, 0.2) is 5.13 Å². The first-order chi connectivity index (χ1) is 9.29. The van der Waals surface area contributed by atoms with E-state index in [1.54, 1.807) is 11.3 Å². The molecule has 0 amide bonds. The molecule has 3 nitrogen and oxygen atoms in total. The summed E-state index contributed by atoms with van der Waals surface area (Å²) in [6.45, 7) is 0.884. The molecule has 1 saturated heterocycles. The van der Waals surface area contributed by atoms with Crippen molar-refractivity contribution < 1.29 is 4.74 Å². The second kappa shape index (κ2) is 4.72. The lowest BCUT2D eigenvalue weighted by Gasteiger charge is -2.18. The van der Waals surface area contributed by atoms with Crippen LogP contribution in [0.4, 0.5) is 5.13 Å². The number of nitrogens with one attached hydrogen (secondary N) is 1. The summed E-state index contributed by atoms with van der Waals surface area (Å²) in [7, 11) is 0. The number of halogens is 1. The van der Waals surface area contributed by atoms with Gasteiger partial charge in [0.25, 0.3) is 0 Å². The van der Waals surface area contributed by atoms with Crippen LogP contribution in [0.3, 0.4) is 0 Å². The van der Waals surface area contributed by atoms with Crippen molar-refractivity contribution in [2.75, 3.05) is 11.9 Å². The number of ether oxygens (including phenoxy) is 1. The summed E-state index contributed by atoms with van der Waals surface area (Å²) in [5.41, 5.74) is 1.07. The summed E-state index contributed by atoms with van der Waals surface area (Å²) in [6.07, 6.45) is 4.16. The van der Waals surface area contributed by atoms with Crippen LogP contribution in [0.1, 0.15) is 19.3 Å². The maximum Gasteiger partial charge on any atom is 0.184 e. The van der Waals surface area contributed by atoms with Gasteiger partial charge in [-0.3, -0.25) is 0 Å². The predicted molar refractivity (Wildman–Crippen MR) is 81.8 cm³/mol. The van der Waals surface area contributed by atoms with E-state index in [0.717, 1.165) is 34.1 Å². The first-order valence-electron chi connectivity index (χ1n) is 6.74. The van der Waals surface area contributed by atoms with Gasteiger partial charge in [-0.15, -0.1) is 0 Å². The molecule has 2 atom stereocenters. The second-order valence-electron chi connectivity index (χ2n) is 5.34. The zero-order valence-electron chi connectivity index (χ0n) is 10.4. The van der Waals surface area contributed by atoms with Crippen LogP contribution in [0.25, 0.3) is 10.2 Å². The van der Waals surface area contributed by atoms with Crippen LogP contribution in [0, 0.1) is 5.92 Å². The van der Waals surface area contributed by atoms with Crippen molar-refractivity contribution in [2.45, 2.75) is 31.4 Å². The molecule has 1 aromatic carbocycles. The summed E-state index contributed by atoms with van der Waals surface area (Å²) < 4.78 is 8.19. The lowest BCUT2D eigenvalue weighted by molar-refractivity contribution is 0.0898. The topological polar surface area (TPSA) is 34.2 Å². The summed E-state index contributed by atoms with van der Waals surface area (Å²) in [5, 5.41) is 4.61. The Bertz CT molecular complexity index is 611. The van der Waals surface area contributed by atoms with E-state index in [0.29, 0.717) is 12.1 Å². The fraction of sp³-hybridized carbons (Fsp3) is 0.500. The second-order valence-corrected chi connectivity index (χ2v) is 7.29. The lowest BCUT2D eigenvalue weighted by Crippen LogP contribution is -2.30. The van der Waals surface area contributed by atoms with Gasteiger partial charge in [-0.1, -0.05) is 27.3 Å². The number of fused-ring (bicyclic) bond motifs is 1. The van der Waals surface area contributed by atoms with Gasteiger partial charge >= 0.3 is 0 Å². The van der Waals surface area contributed by atoms with Gasteiger partial charge in [-0.05, 0) is 43.4 Å².